The molecule has 0 saturated carbocycles. The minimum Gasteiger partial charge on any atom is -0.352 e. The van der Waals surface area contributed by atoms with Gasteiger partial charge in [0.15, 0.2) is 0 Å². The molecule has 1 aromatic rings. The number of nitrogens with one attached hydrogen (secondary N) is 1. The Labute approximate surface area is 129 Å². The highest BCUT2D eigenvalue weighted by molar-refractivity contribution is 14.1. The Hall–Kier alpha value is 0.190. The molecule has 1 aromatic carbocycles. The van der Waals surface area contributed by atoms with Crippen LogP contribution in [0.2, 0.25) is 5.02 Å². The number of amides is 1. The lowest BCUT2D eigenvalue weighted by atomic mass is 10.2. The van der Waals surface area contributed by atoms with E-state index in [2.05, 4.69) is 43.8 Å². The first kappa shape index (κ1) is 15.2. The highest BCUT2D eigenvalue weighted by atomic mass is 127. The molecule has 0 atom stereocenters. The number of carbonyl (C=O) groups is 1. The summed E-state index contributed by atoms with van der Waals surface area (Å²) in [5, 5.41) is 3.35. The normalized spacial score (nSPS) is 10.3. The molecule has 1 rings (SSSR count). The first-order valence-electron chi connectivity index (χ1n) is 5.45. The van der Waals surface area contributed by atoms with Crippen molar-refractivity contribution in [1.82, 2.24) is 5.32 Å². The van der Waals surface area contributed by atoms with E-state index < -0.39 is 0 Å². The fraction of sp³-hybridized carbons (Fsp3) is 0.417. The Morgan fingerprint density at radius 3 is 2.82 bits per heavy atom. The molecule has 0 aromatic heterocycles. The SMILES string of the molecule is O=C(NCCCCCI)c1cccc(Br)c1Cl. The fourth-order valence-electron chi connectivity index (χ4n) is 1.37. The van der Waals surface area contributed by atoms with Gasteiger partial charge in [0.1, 0.15) is 0 Å². The molecule has 17 heavy (non-hydrogen) atoms. The molecule has 1 amide bonds. The molecule has 0 aliphatic rings. The largest absolute Gasteiger partial charge is 0.352 e. The van der Waals surface area contributed by atoms with E-state index in [1.807, 2.05) is 6.07 Å². The molecule has 0 fully saturated rings. The minimum absolute atomic E-state index is 0.106. The summed E-state index contributed by atoms with van der Waals surface area (Å²) in [7, 11) is 0. The van der Waals surface area contributed by atoms with Crippen molar-refractivity contribution >= 4 is 56.0 Å². The number of hydrogen-bond acceptors (Lipinski definition) is 1. The van der Waals surface area contributed by atoms with Crippen LogP contribution in [0.5, 0.6) is 0 Å². The summed E-state index contributed by atoms with van der Waals surface area (Å²) in [5.41, 5.74) is 0.523. The second kappa shape index (κ2) is 8.32. The highest BCUT2D eigenvalue weighted by Crippen LogP contribution is 2.25. The van der Waals surface area contributed by atoms with Gasteiger partial charge in [-0.2, -0.15) is 0 Å². The Bertz CT molecular complexity index is 387. The first-order chi connectivity index (χ1) is 8.16. The maximum absolute atomic E-state index is 11.8. The monoisotopic (exact) mass is 429 g/mol. The van der Waals surface area contributed by atoms with Gasteiger partial charge in [-0.05, 0) is 45.3 Å². The number of rotatable bonds is 6. The summed E-state index contributed by atoms with van der Waals surface area (Å²) in [6.45, 7) is 0.707. The van der Waals surface area contributed by atoms with Gasteiger partial charge in [0.05, 0.1) is 10.6 Å². The zero-order valence-electron chi connectivity index (χ0n) is 9.31. The third kappa shape index (κ3) is 5.14. The molecule has 0 spiro atoms. The molecular weight excluding hydrogens is 416 g/mol. The van der Waals surface area contributed by atoms with Gasteiger partial charge in [-0.1, -0.05) is 46.7 Å². The molecule has 0 heterocycles. The van der Waals surface area contributed by atoms with Crippen LogP contribution >= 0.6 is 50.1 Å². The second-order valence-electron chi connectivity index (χ2n) is 3.61. The molecule has 0 saturated heterocycles. The van der Waals surface area contributed by atoms with Crippen molar-refractivity contribution in [3.05, 3.63) is 33.3 Å². The number of benzene rings is 1. The summed E-state index contributed by atoms with van der Waals surface area (Å²) in [6.07, 6.45) is 3.36. The lowest BCUT2D eigenvalue weighted by molar-refractivity contribution is 0.0953. The number of alkyl halides is 1. The van der Waals surface area contributed by atoms with Gasteiger partial charge in [0, 0.05) is 11.0 Å². The standard InChI is InChI=1S/C12H14BrClINO/c13-10-6-4-5-9(11(10)14)12(17)16-8-3-1-2-7-15/h4-6H,1-3,7-8H2,(H,16,17). The van der Waals surface area contributed by atoms with Crippen LogP contribution in [0.25, 0.3) is 0 Å². The van der Waals surface area contributed by atoms with Crippen LogP contribution in [0.3, 0.4) is 0 Å². The van der Waals surface area contributed by atoms with Crippen molar-refractivity contribution in [2.24, 2.45) is 0 Å². The number of unbranched alkanes of at least 4 members (excludes halogenated alkanes) is 2. The van der Waals surface area contributed by atoms with Gasteiger partial charge in [-0.3, -0.25) is 4.79 Å². The van der Waals surface area contributed by atoms with E-state index in [1.165, 1.54) is 10.8 Å². The van der Waals surface area contributed by atoms with E-state index in [0.29, 0.717) is 17.1 Å². The van der Waals surface area contributed by atoms with E-state index in [1.54, 1.807) is 12.1 Å². The third-order valence-electron chi connectivity index (χ3n) is 2.29. The summed E-state index contributed by atoms with van der Waals surface area (Å²) in [6, 6.07) is 5.35. The van der Waals surface area contributed by atoms with Crippen molar-refractivity contribution in [2.75, 3.05) is 11.0 Å². The molecule has 0 unspecified atom stereocenters. The van der Waals surface area contributed by atoms with Gasteiger partial charge in [0.25, 0.3) is 5.91 Å². The smallest absolute Gasteiger partial charge is 0.252 e. The van der Waals surface area contributed by atoms with Crippen LogP contribution in [0.4, 0.5) is 0 Å². The molecule has 5 heteroatoms. The fourth-order valence-corrected chi connectivity index (χ4v) is 2.49. The van der Waals surface area contributed by atoms with E-state index in [9.17, 15) is 4.79 Å². The van der Waals surface area contributed by atoms with E-state index in [4.69, 9.17) is 11.6 Å². The summed E-state index contributed by atoms with van der Waals surface area (Å²) in [5.74, 6) is -0.106. The Balaban J connectivity index is 2.44. The van der Waals surface area contributed by atoms with Crippen molar-refractivity contribution in [1.29, 1.82) is 0 Å². The molecule has 94 valence electrons. The van der Waals surface area contributed by atoms with Crippen molar-refractivity contribution in [3.63, 3.8) is 0 Å². The minimum atomic E-state index is -0.106. The topological polar surface area (TPSA) is 29.1 Å². The average molecular weight is 431 g/mol. The summed E-state index contributed by atoms with van der Waals surface area (Å²) in [4.78, 5) is 11.8. The molecule has 0 radical (unpaired) electrons. The van der Waals surface area contributed by atoms with Gasteiger partial charge in [0.2, 0.25) is 0 Å². The van der Waals surface area contributed by atoms with Crippen LogP contribution < -0.4 is 5.32 Å². The summed E-state index contributed by atoms with van der Waals surface area (Å²) >= 11 is 11.7. The zero-order chi connectivity index (χ0) is 12.7. The van der Waals surface area contributed by atoms with Crippen LogP contribution in [0.1, 0.15) is 29.6 Å². The van der Waals surface area contributed by atoms with E-state index in [-0.39, 0.29) is 5.91 Å². The lowest BCUT2D eigenvalue weighted by Gasteiger charge is -2.07. The van der Waals surface area contributed by atoms with Crippen LogP contribution in [-0.4, -0.2) is 16.9 Å². The van der Waals surface area contributed by atoms with Crippen LogP contribution in [0, 0.1) is 0 Å². The molecule has 1 N–H and O–H groups in total. The molecular formula is C12H14BrClINO. The van der Waals surface area contributed by atoms with Gasteiger partial charge in [-0.15, -0.1) is 0 Å². The Morgan fingerprint density at radius 2 is 2.12 bits per heavy atom. The maximum Gasteiger partial charge on any atom is 0.252 e. The highest BCUT2D eigenvalue weighted by Gasteiger charge is 2.11. The average Bonchev–Trinajstić information content (AvgIpc) is 2.32. The molecule has 2 nitrogen and oxygen atoms in total. The predicted molar refractivity (Wildman–Crippen MR) is 84.2 cm³/mol. The zero-order valence-corrected chi connectivity index (χ0v) is 13.8. The Kier molecular flexibility index (Phi) is 7.46. The van der Waals surface area contributed by atoms with Gasteiger partial charge in [-0.25, -0.2) is 0 Å². The van der Waals surface area contributed by atoms with E-state index in [0.717, 1.165) is 17.3 Å². The Morgan fingerprint density at radius 1 is 1.35 bits per heavy atom. The van der Waals surface area contributed by atoms with Crippen molar-refractivity contribution < 1.29 is 4.79 Å². The molecule has 0 bridgehead atoms. The number of halogens is 3. The van der Waals surface area contributed by atoms with Gasteiger partial charge >= 0.3 is 0 Å². The molecule has 0 aliphatic carbocycles. The molecule has 0 aliphatic heterocycles. The number of hydrogen-bond donors (Lipinski definition) is 1. The lowest BCUT2D eigenvalue weighted by Crippen LogP contribution is -2.24. The van der Waals surface area contributed by atoms with E-state index >= 15 is 0 Å². The second-order valence-corrected chi connectivity index (χ2v) is 5.92. The van der Waals surface area contributed by atoms with Crippen LogP contribution in [-0.2, 0) is 0 Å². The van der Waals surface area contributed by atoms with Crippen molar-refractivity contribution in [3.8, 4) is 0 Å². The first-order valence-corrected chi connectivity index (χ1v) is 8.14. The van der Waals surface area contributed by atoms with Crippen LogP contribution in [0.15, 0.2) is 22.7 Å². The quantitative estimate of drug-likeness (QED) is 0.404. The number of carbonyl (C=O) groups excluding carboxylic acids is 1. The predicted octanol–water partition coefficient (Wildman–Crippen LogP) is 4.44. The maximum atomic E-state index is 11.8. The summed E-state index contributed by atoms with van der Waals surface area (Å²) < 4.78 is 1.92. The van der Waals surface area contributed by atoms with Gasteiger partial charge < -0.3 is 5.32 Å². The van der Waals surface area contributed by atoms with Crippen molar-refractivity contribution in [2.45, 2.75) is 19.3 Å². The third-order valence-corrected chi connectivity index (χ3v) is 4.35.